The van der Waals surface area contributed by atoms with Crippen LogP contribution in [0.1, 0.15) is 31.6 Å². The fraction of sp³-hybridized carbons (Fsp3) is 0.111. The van der Waals surface area contributed by atoms with Crippen molar-refractivity contribution in [3.8, 4) is 11.1 Å². The van der Waals surface area contributed by atoms with Crippen LogP contribution in [0.2, 0.25) is 0 Å². The van der Waals surface area contributed by atoms with Gasteiger partial charge in [-0.05, 0) is 23.1 Å². The lowest BCUT2D eigenvalue weighted by Gasteiger charge is -2.12. The summed E-state index contributed by atoms with van der Waals surface area (Å²) < 4.78 is 78.0. The summed E-state index contributed by atoms with van der Waals surface area (Å²) in [4.78, 5) is 0. The molecule has 18 heavy (non-hydrogen) atoms. The van der Waals surface area contributed by atoms with E-state index in [1.54, 1.807) is 18.2 Å². The quantitative estimate of drug-likeness (QED) is 0.634. The SMILES string of the molecule is [2H]C=C([2H])C([2H])C(C([2H])=C[2H])c1cccc(-c2c([2H])c([2H])c([2H])c([2H])c2[2H])c1. The first-order valence-electron chi connectivity index (χ1n) is 10.6. The summed E-state index contributed by atoms with van der Waals surface area (Å²) in [7, 11) is 0. The molecule has 0 heteroatoms. The Hall–Kier alpha value is -2.08. The van der Waals surface area contributed by atoms with Gasteiger partial charge in [0.25, 0.3) is 0 Å². The number of allylic oxidation sites excluding steroid dienone is 2. The van der Waals surface area contributed by atoms with Gasteiger partial charge in [-0.3, -0.25) is 0 Å². The second-order valence-corrected chi connectivity index (χ2v) is 3.60. The van der Waals surface area contributed by atoms with E-state index in [1.807, 2.05) is 0 Å². The molecule has 0 amide bonds. The van der Waals surface area contributed by atoms with Gasteiger partial charge in [-0.1, -0.05) is 66.6 Å². The molecule has 2 atom stereocenters. The van der Waals surface area contributed by atoms with Crippen LogP contribution in [0.3, 0.4) is 0 Å². The average Bonchev–Trinajstić information content (AvgIpc) is 2.70. The summed E-state index contributed by atoms with van der Waals surface area (Å²) in [5.74, 6) is -1.00. The molecular formula is C18H18. The van der Waals surface area contributed by atoms with Crippen LogP contribution in [-0.4, -0.2) is 0 Å². The van der Waals surface area contributed by atoms with Crippen LogP contribution >= 0.6 is 0 Å². The average molecular weight is 244 g/mol. The minimum absolute atomic E-state index is 0.00311. The van der Waals surface area contributed by atoms with E-state index < -0.39 is 30.4 Å². The van der Waals surface area contributed by atoms with Crippen LogP contribution in [0.5, 0.6) is 0 Å². The molecule has 2 unspecified atom stereocenters. The molecule has 90 valence electrons. The Morgan fingerprint density at radius 2 is 2.17 bits per heavy atom. The van der Waals surface area contributed by atoms with Crippen molar-refractivity contribution in [2.45, 2.75) is 12.3 Å². The van der Waals surface area contributed by atoms with Gasteiger partial charge >= 0.3 is 0 Å². The van der Waals surface area contributed by atoms with Crippen molar-refractivity contribution in [3.05, 3.63) is 85.3 Å². The monoisotopic (exact) mass is 244 g/mol. The Morgan fingerprint density at radius 3 is 2.94 bits per heavy atom. The van der Waals surface area contributed by atoms with Gasteiger partial charge in [0.2, 0.25) is 0 Å². The number of hydrogen-bond acceptors (Lipinski definition) is 0. The Balaban J connectivity index is 2.70. The Kier molecular flexibility index (Phi) is 1.63. The molecule has 2 rings (SSSR count). The van der Waals surface area contributed by atoms with Crippen LogP contribution in [0.25, 0.3) is 11.1 Å². The molecule has 0 aromatic heterocycles. The van der Waals surface area contributed by atoms with Gasteiger partial charge in [0.1, 0.15) is 0 Å². The van der Waals surface area contributed by atoms with Crippen molar-refractivity contribution in [1.82, 2.24) is 0 Å². The summed E-state index contributed by atoms with van der Waals surface area (Å²) in [6.07, 6.45) is -1.29. The zero-order valence-electron chi connectivity index (χ0n) is 19.6. The standard InChI is InChI=1S/C18H18/c1-3-9-15(4-2)17-12-8-13-18(14-17)16-10-6-5-7-11-16/h3-8,10-15H,1-2,9H2/i1D,2D,3D,4D,5D,6D,7D,9D,10D,11D. The lowest BCUT2D eigenvalue weighted by molar-refractivity contribution is 0.868. The maximum absolute atomic E-state index is 8.18. The molecule has 0 saturated heterocycles. The molecule has 0 fully saturated rings. The first kappa shape index (κ1) is 4.89. The van der Waals surface area contributed by atoms with Gasteiger partial charge in [0, 0.05) is 7.29 Å². The van der Waals surface area contributed by atoms with Crippen molar-refractivity contribution < 1.29 is 13.7 Å². The first-order chi connectivity index (χ1) is 13.1. The molecule has 0 spiro atoms. The van der Waals surface area contributed by atoms with Gasteiger partial charge in [-0.25, -0.2) is 0 Å². The minimum atomic E-state index is -1.29. The number of benzene rings is 2. The van der Waals surface area contributed by atoms with E-state index in [9.17, 15) is 0 Å². The third-order valence-corrected chi connectivity index (χ3v) is 2.48. The van der Waals surface area contributed by atoms with Crippen molar-refractivity contribution >= 4 is 0 Å². The number of rotatable bonds is 5. The molecule has 0 aliphatic rings. The van der Waals surface area contributed by atoms with Crippen molar-refractivity contribution in [3.63, 3.8) is 0 Å². The fourth-order valence-corrected chi connectivity index (χ4v) is 1.62. The van der Waals surface area contributed by atoms with Crippen LogP contribution in [0, 0.1) is 0 Å². The fourth-order valence-electron chi connectivity index (χ4n) is 1.62. The van der Waals surface area contributed by atoms with Crippen LogP contribution in [0.4, 0.5) is 0 Å². The van der Waals surface area contributed by atoms with Gasteiger partial charge < -0.3 is 0 Å². The highest BCUT2D eigenvalue weighted by Gasteiger charge is 2.06. The summed E-state index contributed by atoms with van der Waals surface area (Å²) in [6.45, 7) is 1.47. The molecule has 0 saturated carbocycles. The highest BCUT2D eigenvalue weighted by molar-refractivity contribution is 5.64. The maximum atomic E-state index is 8.18. The van der Waals surface area contributed by atoms with Crippen molar-refractivity contribution in [1.29, 1.82) is 0 Å². The zero-order chi connectivity index (χ0) is 21.2. The molecule has 0 bridgehead atoms. The van der Waals surface area contributed by atoms with Crippen LogP contribution in [0.15, 0.2) is 79.7 Å². The van der Waals surface area contributed by atoms with Crippen molar-refractivity contribution in [2.75, 3.05) is 0 Å². The van der Waals surface area contributed by atoms with Crippen LogP contribution in [-0.2, 0) is 0 Å². The molecule has 0 heterocycles. The Labute approximate surface area is 123 Å². The highest BCUT2D eigenvalue weighted by Crippen LogP contribution is 2.26. The summed E-state index contributed by atoms with van der Waals surface area (Å²) >= 11 is 0. The Bertz CT molecular complexity index is 919. The largest absolute Gasteiger partial charge is 0.103 e. The molecule has 0 radical (unpaired) electrons. The molecule has 0 aliphatic carbocycles. The molecule has 0 nitrogen and oxygen atoms in total. The molecular weight excluding hydrogens is 216 g/mol. The number of hydrogen-bond donors (Lipinski definition) is 0. The third kappa shape index (κ3) is 2.78. The van der Waals surface area contributed by atoms with Gasteiger partial charge in [0.15, 0.2) is 0 Å². The third-order valence-electron chi connectivity index (χ3n) is 2.48. The van der Waals surface area contributed by atoms with E-state index in [4.69, 9.17) is 13.7 Å². The lowest BCUT2D eigenvalue weighted by Crippen LogP contribution is -1.93. The first-order valence-corrected chi connectivity index (χ1v) is 5.35. The van der Waals surface area contributed by atoms with Gasteiger partial charge in [0.05, 0.1) is 12.3 Å². The van der Waals surface area contributed by atoms with E-state index in [0.29, 0.717) is 17.7 Å². The predicted molar refractivity (Wildman–Crippen MR) is 79.6 cm³/mol. The smallest absolute Gasteiger partial charge is 0.0629 e. The van der Waals surface area contributed by atoms with E-state index in [2.05, 4.69) is 0 Å². The Morgan fingerprint density at radius 1 is 1.28 bits per heavy atom. The van der Waals surface area contributed by atoms with E-state index in [1.165, 1.54) is 6.07 Å². The van der Waals surface area contributed by atoms with E-state index in [0.717, 1.165) is 6.55 Å². The maximum Gasteiger partial charge on any atom is 0.0629 e. The molecule has 2 aromatic carbocycles. The zero-order valence-corrected chi connectivity index (χ0v) is 9.62. The van der Waals surface area contributed by atoms with Gasteiger partial charge in [-0.2, -0.15) is 0 Å². The minimum Gasteiger partial charge on any atom is -0.103 e. The van der Waals surface area contributed by atoms with Crippen LogP contribution < -0.4 is 0 Å². The van der Waals surface area contributed by atoms with E-state index >= 15 is 0 Å². The predicted octanol–water partition coefficient (Wildman–Crippen LogP) is 5.20. The van der Waals surface area contributed by atoms with E-state index in [-0.39, 0.29) is 29.8 Å². The molecule has 0 N–H and O–H groups in total. The van der Waals surface area contributed by atoms with Gasteiger partial charge in [-0.15, -0.1) is 13.1 Å². The molecule has 0 aliphatic heterocycles. The molecule has 2 aromatic rings. The van der Waals surface area contributed by atoms with Crippen molar-refractivity contribution in [2.24, 2.45) is 0 Å². The normalized spacial score (nSPS) is 23.8. The second kappa shape index (κ2) is 6.02. The topological polar surface area (TPSA) is 0 Å². The summed E-state index contributed by atoms with van der Waals surface area (Å²) in [6, 6.07) is 3.49. The second-order valence-electron chi connectivity index (χ2n) is 3.60. The lowest BCUT2D eigenvalue weighted by atomic mass is 9.93. The summed E-state index contributed by atoms with van der Waals surface area (Å²) in [5, 5.41) is 0. The highest BCUT2D eigenvalue weighted by atomic mass is 14.1. The summed E-state index contributed by atoms with van der Waals surface area (Å²) in [5.41, 5.74) is 0.687.